The van der Waals surface area contributed by atoms with Crippen molar-refractivity contribution in [1.29, 1.82) is 0 Å². The fraction of sp³-hybridized carbons (Fsp3) is 0.182. The summed E-state index contributed by atoms with van der Waals surface area (Å²) in [6.45, 7) is 4.15. The summed E-state index contributed by atoms with van der Waals surface area (Å²) >= 11 is 5.98. The SMILES string of the molecule is COc1ccc(NCC(=O)N/N=C\c2cc(C)n(-c3ccc(Cl)cc3)c2C)cc1. The molecule has 1 aromatic heterocycles. The molecule has 0 fully saturated rings. The topological polar surface area (TPSA) is 67.7 Å². The maximum atomic E-state index is 12.0. The first-order chi connectivity index (χ1) is 14.0. The Balaban J connectivity index is 1.59. The van der Waals surface area contributed by atoms with Crippen LogP contribution in [0.1, 0.15) is 17.0 Å². The van der Waals surface area contributed by atoms with Gasteiger partial charge in [-0.2, -0.15) is 5.10 Å². The first kappa shape index (κ1) is 20.5. The molecule has 0 saturated heterocycles. The predicted molar refractivity (Wildman–Crippen MR) is 117 cm³/mol. The second-order valence-corrected chi connectivity index (χ2v) is 6.95. The maximum absolute atomic E-state index is 12.0. The van der Waals surface area contributed by atoms with Crippen molar-refractivity contribution in [3.05, 3.63) is 76.6 Å². The molecule has 1 amide bonds. The molecule has 150 valence electrons. The lowest BCUT2D eigenvalue weighted by Crippen LogP contribution is -2.25. The highest BCUT2D eigenvalue weighted by Crippen LogP contribution is 2.21. The molecule has 0 saturated carbocycles. The molecule has 0 spiro atoms. The van der Waals surface area contributed by atoms with Gasteiger partial charge in [0.1, 0.15) is 5.75 Å². The number of hydrogen-bond acceptors (Lipinski definition) is 4. The van der Waals surface area contributed by atoms with E-state index in [2.05, 4.69) is 20.4 Å². The van der Waals surface area contributed by atoms with Crippen LogP contribution >= 0.6 is 11.6 Å². The van der Waals surface area contributed by atoms with Crippen molar-refractivity contribution in [2.24, 2.45) is 5.10 Å². The van der Waals surface area contributed by atoms with E-state index in [4.69, 9.17) is 16.3 Å². The van der Waals surface area contributed by atoms with Crippen LogP contribution in [-0.2, 0) is 4.79 Å². The van der Waals surface area contributed by atoms with E-state index in [1.54, 1.807) is 13.3 Å². The Labute approximate surface area is 175 Å². The summed E-state index contributed by atoms with van der Waals surface area (Å²) in [4.78, 5) is 12.0. The van der Waals surface area contributed by atoms with Gasteiger partial charge in [-0.25, -0.2) is 5.43 Å². The summed E-state index contributed by atoms with van der Waals surface area (Å²) in [5.74, 6) is 0.532. The molecule has 7 heteroatoms. The van der Waals surface area contributed by atoms with Gasteiger partial charge < -0.3 is 14.6 Å². The summed E-state index contributed by atoms with van der Waals surface area (Å²) in [5, 5.41) is 7.82. The summed E-state index contributed by atoms with van der Waals surface area (Å²) in [5.41, 5.74) is 7.43. The molecule has 0 radical (unpaired) electrons. The zero-order valence-corrected chi connectivity index (χ0v) is 17.3. The second kappa shape index (κ2) is 9.30. The van der Waals surface area contributed by atoms with Gasteiger partial charge in [0.2, 0.25) is 0 Å². The molecule has 3 aromatic rings. The number of ether oxygens (including phenoxy) is 1. The van der Waals surface area contributed by atoms with Gasteiger partial charge in [0.05, 0.1) is 19.9 Å². The number of halogens is 1. The van der Waals surface area contributed by atoms with Crippen LogP contribution in [0.25, 0.3) is 5.69 Å². The molecule has 1 heterocycles. The molecule has 0 atom stereocenters. The van der Waals surface area contributed by atoms with Crippen molar-refractivity contribution in [2.75, 3.05) is 19.0 Å². The van der Waals surface area contributed by atoms with Crippen molar-refractivity contribution in [1.82, 2.24) is 9.99 Å². The zero-order valence-electron chi connectivity index (χ0n) is 16.6. The minimum atomic E-state index is -0.233. The predicted octanol–water partition coefficient (Wildman–Crippen LogP) is 4.32. The molecular weight excluding hydrogens is 388 g/mol. The number of hydrazone groups is 1. The molecule has 2 N–H and O–H groups in total. The number of rotatable bonds is 7. The number of aryl methyl sites for hydroxylation is 1. The Morgan fingerprint density at radius 2 is 1.83 bits per heavy atom. The van der Waals surface area contributed by atoms with Gasteiger partial charge in [-0.3, -0.25) is 4.79 Å². The van der Waals surface area contributed by atoms with E-state index in [0.717, 1.165) is 34.1 Å². The molecule has 2 aromatic carbocycles. The Kier molecular flexibility index (Phi) is 6.57. The highest BCUT2D eigenvalue weighted by Gasteiger charge is 2.09. The van der Waals surface area contributed by atoms with Gasteiger partial charge in [-0.15, -0.1) is 0 Å². The third-order valence-corrected chi connectivity index (χ3v) is 4.74. The fourth-order valence-corrected chi connectivity index (χ4v) is 3.14. The summed E-state index contributed by atoms with van der Waals surface area (Å²) in [6, 6.07) is 17.0. The number of nitrogens with one attached hydrogen (secondary N) is 2. The van der Waals surface area contributed by atoms with Crippen LogP contribution in [0.15, 0.2) is 59.7 Å². The molecule has 0 aliphatic rings. The van der Waals surface area contributed by atoms with E-state index in [9.17, 15) is 4.79 Å². The molecule has 0 aliphatic heterocycles. The Hall–Kier alpha value is -3.25. The number of carbonyl (C=O) groups excluding carboxylic acids is 1. The number of anilines is 1. The molecule has 29 heavy (non-hydrogen) atoms. The van der Waals surface area contributed by atoms with Crippen LogP contribution in [0.4, 0.5) is 5.69 Å². The molecule has 3 rings (SSSR count). The summed E-state index contributed by atoms with van der Waals surface area (Å²) in [6.07, 6.45) is 1.65. The lowest BCUT2D eigenvalue weighted by molar-refractivity contribution is -0.119. The Bertz CT molecular complexity index is 1010. The van der Waals surface area contributed by atoms with E-state index in [1.165, 1.54) is 0 Å². The highest BCUT2D eigenvalue weighted by atomic mass is 35.5. The van der Waals surface area contributed by atoms with Crippen molar-refractivity contribution in [2.45, 2.75) is 13.8 Å². The molecule has 6 nitrogen and oxygen atoms in total. The minimum Gasteiger partial charge on any atom is -0.497 e. The third kappa shape index (κ3) is 5.18. The Morgan fingerprint density at radius 1 is 1.14 bits per heavy atom. The van der Waals surface area contributed by atoms with Gasteiger partial charge in [0.15, 0.2) is 0 Å². The van der Waals surface area contributed by atoms with Gasteiger partial charge in [0.25, 0.3) is 5.91 Å². The maximum Gasteiger partial charge on any atom is 0.259 e. The number of benzene rings is 2. The Morgan fingerprint density at radius 3 is 2.48 bits per heavy atom. The minimum absolute atomic E-state index is 0.119. The number of nitrogens with zero attached hydrogens (tertiary/aromatic N) is 2. The van der Waals surface area contributed by atoms with Gasteiger partial charge in [-0.05, 0) is 68.4 Å². The highest BCUT2D eigenvalue weighted by molar-refractivity contribution is 6.30. The smallest absolute Gasteiger partial charge is 0.259 e. The summed E-state index contributed by atoms with van der Waals surface area (Å²) < 4.78 is 7.23. The van der Waals surface area contributed by atoms with Crippen LogP contribution in [0.5, 0.6) is 5.75 Å². The number of amides is 1. The third-order valence-electron chi connectivity index (χ3n) is 4.49. The zero-order chi connectivity index (χ0) is 20.8. The van der Waals surface area contributed by atoms with E-state index in [1.807, 2.05) is 68.4 Å². The van der Waals surface area contributed by atoms with E-state index < -0.39 is 0 Å². The van der Waals surface area contributed by atoms with Crippen molar-refractivity contribution >= 4 is 29.4 Å². The average Bonchev–Trinajstić information content (AvgIpc) is 3.01. The van der Waals surface area contributed by atoms with Crippen molar-refractivity contribution in [3.8, 4) is 11.4 Å². The molecule has 0 unspecified atom stereocenters. The average molecular weight is 411 g/mol. The van der Waals surface area contributed by atoms with E-state index in [0.29, 0.717) is 5.02 Å². The first-order valence-electron chi connectivity index (χ1n) is 9.12. The van der Waals surface area contributed by atoms with Crippen LogP contribution < -0.4 is 15.5 Å². The van der Waals surface area contributed by atoms with Gasteiger partial charge in [-0.1, -0.05) is 11.6 Å². The van der Waals surface area contributed by atoms with E-state index in [-0.39, 0.29) is 12.5 Å². The number of aromatic nitrogens is 1. The number of hydrogen-bond donors (Lipinski definition) is 2. The largest absolute Gasteiger partial charge is 0.497 e. The van der Waals surface area contributed by atoms with Gasteiger partial charge >= 0.3 is 0 Å². The monoisotopic (exact) mass is 410 g/mol. The van der Waals surface area contributed by atoms with Crippen molar-refractivity contribution in [3.63, 3.8) is 0 Å². The molecular formula is C22H23ClN4O2. The van der Waals surface area contributed by atoms with Crippen molar-refractivity contribution < 1.29 is 9.53 Å². The number of methoxy groups -OCH3 is 1. The number of carbonyl (C=O) groups is 1. The molecule has 0 aliphatic carbocycles. The molecule has 0 bridgehead atoms. The normalized spacial score (nSPS) is 10.9. The van der Waals surface area contributed by atoms with Crippen LogP contribution in [0, 0.1) is 13.8 Å². The summed E-state index contributed by atoms with van der Waals surface area (Å²) in [7, 11) is 1.61. The quantitative estimate of drug-likeness (QED) is 0.450. The fourth-order valence-electron chi connectivity index (χ4n) is 3.01. The standard InChI is InChI=1S/C22H23ClN4O2/c1-15-12-17(16(2)27(15)20-8-4-18(23)5-9-20)13-25-26-22(28)14-24-19-6-10-21(29-3)11-7-19/h4-13,24H,14H2,1-3H3,(H,26,28)/b25-13-. The first-order valence-corrected chi connectivity index (χ1v) is 9.50. The lowest BCUT2D eigenvalue weighted by Gasteiger charge is -2.09. The van der Waals surface area contributed by atoms with Crippen LogP contribution in [0.3, 0.4) is 0 Å². The van der Waals surface area contributed by atoms with Gasteiger partial charge in [0, 0.05) is 33.3 Å². The van der Waals surface area contributed by atoms with Crippen LogP contribution in [-0.4, -0.2) is 30.3 Å². The van der Waals surface area contributed by atoms with E-state index >= 15 is 0 Å². The second-order valence-electron chi connectivity index (χ2n) is 6.51. The lowest BCUT2D eigenvalue weighted by atomic mass is 10.2. The van der Waals surface area contributed by atoms with Crippen LogP contribution in [0.2, 0.25) is 5.02 Å².